The lowest BCUT2D eigenvalue weighted by molar-refractivity contribution is -0.383. The zero-order chi connectivity index (χ0) is 20.1. The average Bonchev–Trinajstić information content (AvgIpc) is 2.68. The summed E-state index contributed by atoms with van der Waals surface area (Å²) in [6, 6.07) is 17.1. The van der Waals surface area contributed by atoms with Gasteiger partial charge < -0.3 is 10.1 Å². The Hall–Kier alpha value is -3.45. The third-order valence-corrected chi connectivity index (χ3v) is 4.24. The Morgan fingerprint density at radius 1 is 1.07 bits per heavy atom. The lowest BCUT2D eigenvalue weighted by atomic mass is 10.0. The first-order valence-corrected chi connectivity index (χ1v) is 8.68. The van der Waals surface area contributed by atoms with Gasteiger partial charge in [-0.3, -0.25) is 19.7 Å². The zero-order valence-electron chi connectivity index (χ0n) is 14.6. The van der Waals surface area contributed by atoms with E-state index in [1.165, 1.54) is 12.1 Å². The molecule has 0 bridgehead atoms. The number of esters is 1. The van der Waals surface area contributed by atoms with Crippen LogP contribution in [0.15, 0.2) is 60.7 Å². The Morgan fingerprint density at radius 3 is 2.61 bits per heavy atom. The quantitative estimate of drug-likeness (QED) is 0.382. The van der Waals surface area contributed by atoms with Crippen LogP contribution in [-0.2, 0) is 20.7 Å². The highest BCUT2D eigenvalue weighted by Crippen LogP contribution is 2.27. The number of hydrogen-bond donors (Lipinski definition) is 1. The highest BCUT2D eigenvalue weighted by atomic mass is 35.5. The number of carbonyl (C=O) groups excluding carboxylic acids is 2. The van der Waals surface area contributed by atoms with Crippen molar-refractivity contribution >= 4 is 45.6 Å². The zero-order valence-corrected chi connectivity index (χ0v) is 15.3. The van der Waals surface area contributed by atoms with E-state index in [4.69, 9.17) is 16.3 Å². The van der Waals surface area contributed by atoms with Crippen LogP contribution in [-0.4, -0.2) is 23.4 Å². The molecule has 0 heterocycles. The number of fused-ring (bicyclic) bond motifs is 1. The van der Waals surface area contributed by atoms with E-state index in [0.29, 0.717) is 0 Å². The molecule has 3 rings (SSSR count). The maximum Gasteiger partial charge on any atom is 0.310 e. The molecule has 28 heavy (non-hydrogen) atoms. The number of nitrogens with one attached hydrogen (secondary N) is 1. The number of hydrogen-bond acceptors (Lipinski definition) is 5. The van der Waals surface area contributed by atoms with E-state index in [0.717, 1.165) is 22.4 Å². The molecule has 0 spiro atoms. The second-order valence-electron chi connectivity index (χ2n) is 5.94. The molecule has 3 aromatic carbocycles. The fourth-order valence-corrected chi connectivity index (χ4v) is 2.91. The molecular formula is C20H15ClN2O5. The van der Waals surface area contributed by atoms with Gasteiger partial charge in [-0.05, 0) is 28.5 Å². The van der Waals surface area contributed by atoms with Crippen LogP contribution in [0.1, 0.15) is 5.56 Å². The van der Waals surface area contributed by atoms with Crippen molar-refractivity contribution in [2.75, 3.05) is 11.9 Å². The first-order valence-electron chi connectivity index (χ1n) is 8.30. The van der Waals surface area contributed by atoms with Gasteiger partial charge in [-0.25, -0.2) is 0 Å². The number of benzene rings is 3. The minimum atomic E-state index is -0.684. The van der Waals surface area contributed by atoms with Crippen molar-refractivity contribution in [3.63, 3.8) is 0 Å². The normalized spacial score (nSPS) is 10.5. The first-order chi connectivity index (χ1) is 13.4. The molecule has 1 N–H and O–H groups in total. The Labute approximate surface area is 165 Å². The summed E-state index contributed by atoms with van der Waals surface area (Å²) in [6.45, 7) is -0.552. The van der Waals surface area contributed by atoms with E-state index >= 15 is 0 Å². The standard InChI is InChI=1S/C20H15ClN2O5/c21-15-8-9-17(18(11-15)23(26)27)22-19(24)12-28-20(25)10-14-6-3-5-13-4-1-2-7-16(13)14/h1-9,11H,10,12H2,(H,22,24). The molecule has 0 radical (unpaired) electrons. The van der Waals surface area contributed by atoms with Gasteiger partial charge in [-0.1, -0.05) is 54.1 Å². The molecule has 0 saturated heterocycles. The van der Waals surface area contributed by atoms with Crippen molar-refractivity contribution in [3.8, 4) is 0 Å². The van der Waals surface area contributed by atoms with Crippen LogP contribution in [0.25, 0.3) is 10.8 Å². The van der Waals surface area contributed by atoms with Gasteiger partial charge in [-0.2, -0.15) is 0 Å². The van der Waals surface area contributed by atoms with Crippen LogP contribution in [0.4, 0.5) is 11.4 Å². The number of rotatable bonds is 6. The largest absolute Gasteiger partial charge is 0.455 e. The van der Waals surface area contributed by atoms with Gasteiger partial charge in [0.05, 0.1) is 11.3 Å². The third-order valence-electron chi connectivity index (χ3n) is 4.01. The molecule has 0 aromatic heterocycles. The molecule has 0 saturated carbocycles. The number of halogens is 1. The Kier molecular flexibility index (Phi) is 5.86. The smallest absolute Gasteiger partial charge is 0.310 e. The molecule has 0 aliphatic carbocycles. The second kappa shape index (κ2) is 8.49. The SMILES string of the molecule is O=C(COC(=O)Cc1cccc2ccccc12)Nc1ccc(Cl)cc1[N+](=O)[O-]. The number of amides is 1. The van der Waals surface area contributed by atoms with Crippen LogP contribution < -0.4 is 5.32 Å². The predicted octanol–water partition coefficient (Wildman–Crippen LogP) is 4.13. The summed E-state index contributed by atoms with van der Waals surface area (Å²) >= 11 is 5.73. The van der Waals surface area contributed by atoms with Crippen LogP contribution in [0.2, 0.25) is 5.02 Å². The van der Waals surface area contributed by atoms with Gasteiger partial charge >= 0.3 is 5.97 Å². The Morgan fingerprint density at radius 2 is 1.82 bits per heavy atom. The van der Waals surface area contributed by atoms with Crippen LogP contribution >= 0.6 is 11.6 Å². The maximum absolute atomic E-state index is 12.1. The highest BCUT2D eigenvalue weighted by Gasteiger charge is 2.17. The van der Waals surface area contributed by atoms with Crippen molar-refractivity contribution in [1.29, 1.82) is 0 Å². The summed E-state index contributed by atoms with van der Waals surface area (Å²) < 4.78 is 5.01. The molecule has 0 aliphatic rings. The van der Waals surface area contributed by atoms with Gasteiger partial charge in [0.25, 0.3) is 11.6 Å². The molecule has 1 amide bonds. The third kappa shape index (κ3) is 4.63. The Bertz CT molecular complexity index is 1060. The van der Waals surface area contributed by atoms with Gasteiger partial charge in [0.15, 0.2) is 6.61 Å². The van der Waals surface area contributed by atoms with E-state index in [9.17, 15) is 19.7 Å². The monoisotopic (exact) mass is 398 g/mol. The number of nitro groups is 1. The van der Waals surface area contributed by atoms with Gasteiger partial charge in [-0.15, -0.1) is 0 Å². The number of ether oxygens (including phenoxy) is 1. The summed E-state index contributed by atoms with van der Waals surface area (Å²) in [5.74, 6) is -1.26. The summed E-state index contributed by atoms with van der Waals surface area (Å²) in [4.78, 5) is 34.5. The average molecular weight is 399 g/mol. The minimum absolute atomic E-state index is 0.00965. The summed E-state index contributed by atoms with van der Waals surface area (Å²) in [5.41, 5.74) is 0.421. The molecule has 142 valence electrons. The second-order valence-corrected chi connectivity index (χ2v) is 6.38. The molecule has 3 aromatic rings. The van der Waals surface area contributed by atoms with Crippen molar-refractivity contribution in [2.45, 2.75) is 6.42 Å². The van der Waals surface area contributed by atoms with Gasteiger partial charge in [0, 0.05) is 11.1 Å². The van der Waals surface area contributed by atoms with Crippen molar-refractivity contribution < 1.29 is 19.2 Å². The molecule has 0 fully saturated rings. The summed E-state index contributed by atoms with van der Waals surface area (Å²) in [7, 11) is 0. The van der Waals surface area contributed by atoms with Crippen LogP contribution in [0.5, 0.6) is 0 Å². The van der Waals surface area contributed by atoms with Crippen molar-refractivity contribution in [3.05, 3.63) is 81.4 Å². The van der Waals surface area contributed by atoms with Crippen LogP contribution in [0, 0.1) is 10.1 Å². The molecule has 8 heteroatoms. The summed E-state index contributed by atoms with van der Waals surface area (Å²) in [5, 5.41) is 15.5. The van der Waals surface area contributed by atoms with E-state index in [-0.39, 0.29) is 22.8 Å². The van der Waals surface area contributed by atoms with Crippen LogP contribution in [0.3, 0.4) is 0 Å². The van der Waals surface area contributed by atoms with Crippen molar-refractivity contribution in [2.24, 2.45) is 0 Å². The number of carbonyl (C=O) groups is 2. The lowest BCUT2D eigenvalue weighted by Crippen LogP contribution is -2.22. The molecular weight excluding hydrogens is 384 g/mol. The molecule has 0 atom stereocenters. The summed E-state index contributed by atoms with van der Waals surface area (Å²) in [6.07, 6.45) is 0.00965. The number of nitrogens with zero attached hydrogens (tertiary/aromatic N) is 1. The molecule has 0 unspecified atom stereocenters. The first kappa shape index (κ1) is 19.3. The molecule has 0 aliphatic heterocycles. The number of nitro benzene ring substituents is 1. The Balaban J connectivity index is 1.60. The topological polar surface area (TPSA) is 98.5 Å². The van der Waals surface area contributed by atoms with E-state index in [1.54, 1.807) is 0 Å². The minimum Gasteiger partial charge on any atom is -0.455 e. The highest BCUT2D eigenvalue weighted by molar-refractivity contribution is 6.31. The predicted molar refractivity (Wildman–Crippen MR) is 105 cm³/mol. The van der Waals surface area contributed by atoms with E-state index < -0.39 is 23.4 Å². The van der Waals surface area contributed by atoms with Gasteiger partial charge in [0.1, 0.15) is 5.69 Å². The molecule has 7 nitrogen and oxygen atoms in total. The van der Waals surface area contributed by atoms with Gasteiger partial charge in [0.2, 0.25) is 0 Å². The van der Waals surface area contributed by atoms with E-state index in [2.05, 4.69) is 5.32 Å². The fourth-order valence-electron chi connectivity index (χ4n) is 2.75. The number of anilines is 1. The maximum atomic E-state index is 12.1. The van der Waals surface area contributed by atoms with Crippen molar-refractivity contribution in [1.82, 2.24) is 0 Å². The lowest BCUT2D eigenvalue weighted by Gasteiger charge is -2.09. The van der Waals surface area contributed by atoms with E-state index in [1.807, 2.05) is 42.5 Å². The fraction of sp³-hybridized carbons (Fsp3) is 0.100.